The summed E-state index contributed by atoms with van der Waals surface area (Å²) in [5, 5.41) is 4.49. The van der Waals surface area contributed by atoms with Crippen molar-refractivity contribution in [2.45, 2.75) is 17.4 Å². The fraction of sp³-hybridized carbons (Fsp3) is 0.250. The average Bonchev–Trinajstić information content (AvgIpc) is 2.47. The van der Waals surface area contributed by atoms with Crippen molar-refractivity contribution in [3.05, 3.63) is 63.9 Å². The smallest absolute Gasteiger partial charge is 0.124 e. The van der Waals surface area contributed by atoms with Crippen LogP contribution in [0, 0.1) is 5.82 Å². The third kappa shape index (κ3) is 5.19. The number of hydrogen-bond donors (Lipinski definition) is 1. The lowest BCUT2D eigenvalue weighted by atomic mass is 10.1. The van der Waals surface area contributed by atoms with Gasteiger partial charge in [-0.2, -0.15) is 0 Å². The molecule has 0 spiro atoms. The van der Waals surface area contributed by atoms with Crippen LogP contribution in [0.5, 0.6) is 0 Å². The minimum absolute atomic E-state index is 0.258. The molecule has 1 nitrogen and oxygen atoms in total. The number of halogens is 3. The zero-order chi connectivity index (χ0) is 15.2. The average molecular weight is 344 g/mol. The van der Waals surface area contributed by atoms with Gasteiger partial charge in [-0.3, -0.25) is 0 Å². The largest absolute Gasteiger partial charge is 0.316 e. The van der Waals surface area contributed by atoms with Gasteiger partial charge in [0.25, 0.3) is 0 Å². The number of hydrogen-bond acceptors (Lipinski definition) is 2. The zero-order valence-electron chi connectivity index (χ0n) is 11.6. The molecule has 0 heterocycles. The Hall–Kier alpha value is -0.740. The molecule has 0 aliphatic heterocycles. The lowest BCUT2D eigenvalue weighted by molar-refractivity contribution is 0.610. The maximum Gasteiger partial charge on any atom is 0.124 e. The molecule has 0 saturated carbocycles. The van der Waals surface area contributed by atoms with E-state index >= 15 is 0 Å². The molecule has 2 aromatic carbocycles. The summed E-state index contributed by atoms with van der Waals surface area (Å²) in [6.45, 7) is 0. The molecule has 0 radical (unpaired) electrons. The Morgan fingerprint density at radius 3 is 2.48 bits per heavy atom. The molecule has 2 aromatic rings. The Morgan fingerprint density at radius 1 is 1.14 bits per heavy atom. The van der Waals surface area contributed by atoms with E-state index < -0.39 is 0 Å². The van der Waals surface area contributed by atoms with Gasteiger partial charge in [0.15, 0.2) is 0 Å². The Bertz CT molecular complexity index is 589. The molecule has 0 aliphatic rings. The molecule has 0 saturated heterocycles. The van der Waals surface area contributed by atoms with Gasteiger partial charge in [-0.1, -0.05) is 29.3 Å². The SMILES string of the molecule is CNC(CSc1ccc(Cl)cc1)Cc1ccc(F)cc1Cl. The van der Waals surface area contributed by atoms with Crippen molar-refractivity contribution in [2.24, 2.45) is 0 Å². The van der Waals surface area contributed by atoms with Crippen LogP contribution in [0.25, 0.3) is 0 Å². The summed E-state index contributed by atoms with van der Waals surface area (Å²) in [5.74, 6) is 0.589. The summed E-state index contributed by atoms with van der Waals surface area (Å²) in [6, 6.07) is 12.6. The topological polar surface area (TPSA) is 12.0 Å². The third-order valence-electron chi connectivity index (χ3n) is 3.15. The van der Waals surface area contributed by atoms with Crippen molar-refractivity contribution in [3.8, 4) is 0 Å². The van der Waals surface area contributed by atoms with Gasteiger partial charge in [0, 0.05) is 26.7 Å². The predicted octanol–water partition coefficient (Wildman–Crippen LogP) is 5.06. The summed E-state index contributed by atoms with van der Waals surface area (Å²) in [4.78, 5) is 1.17. The van der Waals surface area contributed by atoms with Crippen LogP contribution in [0.1, 0.15) is 5.56 Å². The third-order valence-corrected chi connectivity index (χ3v) is 4.93. The lowest BCUT2D eigenvalue weighted by Gasteiger charge is -2.16. The number of rotatable bonds is 6. The van der Waals surface area contributed by atoms with Crippen LogP contribution in [-0.4, -0.2) is 18.8 Å². The fourth-order valence-electron chi connectivity index (χ4n) is 1.92. The van der Waals surface area contributed by atoms with Gasteiger partial charge < -0.3 is 5.32 Å². The van der Waals surface area contributed by atoms with E-state index in [9.17, 15) is 4.39 Å². The second kappa shape index (κ2) is 8.04. The lowest BCUT2D eigenvalue weighted by Crippen LogP contribution is -2.30. The van der Waals surface area contributed by atoms with Gasteiger partial charge in [-0.05, 0) is 55.4 Å². The molecule has 21 heavy (non-hydrogen) atoms. The quantitative estimate of drug-likeness (QED) is 0.736. The highest BCUT2D eigenvalue weighted by atomic mass is 35.5. The molecule has 1 atom stereocenters. The zero-order valence-corrected chi connectivity index (χ0v) is 13.9. The van der Waals surface area contributed by atoms with Crippen molar-refractivity contribution in [2.75, 3.05) is 12.8 Å². The molecular formula is C16H16Cl2FNS. The Labute approximate surface area is 138 Å². The minimum Gasteiger partial charge on any atom is -0.316 e. The molecule has 2 rings (SSSR count). The number of thioether (sulfide) groups is 1. The molecule has 0 aromatic heterocycles. The van der Waals surface area contributed by atoms with E-state index in [0.717, 1.165) is 22.8 Å². The van der Waals surface area contributed by atoms with Crippen LogP contribution in [-0.2, 0) is 6.42 Å². The van der Waals surface area contributed by atoms with Crippen molar-refractivity contribution in [3.63, 3.8) is 0 Å². The first kappa shape index (κ1) is 16.6. The van der Waals surface area contributed by atoms with E-state index in [1.807, 2.05) is 31.3 Å². The minimum atomic E-state index is -0.305. The second-order valence-electron chi connectivity index (χ2n) is 4.69. The van der Waals surface area contributed by atoms with Gasteiger partial charge in [0.2, 0.25) is 0 Å². The summed E-state index contributed by atoms with van der Waals surface area (Å²) in [7, 11) is 1.92. The van der Waals surface area contributed by atoms with E-state index in [2.05, 4.69) is 5.32 Å². The van der Waals surface area contributed by atoms with E-state index in [-0.39, 0.29) is 11.9 Å². The second-order valence-corrected chi connectivity index (χ2v) is 6.63. The Morgan fingerprint density at radius 2 is 1.86 bits per heavy atom. The first-order valence-corrected chi connectivity index (χ1v) is 8.32. The summed E-state index contributed by atoms with van der Waals surface area (Å²) >= 11 is 13.7. The van der Waals surface area contributed by atoms with Gasteiger partial charge in [-0.15, -0.1) is 11.8 Å². The van der Waals surface area contributed by atoms with Crippen LogP contribution in [0.15, 0.2) is 47.4 Å². The maximum atomic E-state index is 13.1. The van der Waals surface area contributed by atoms with Crippen LogP contribution in [0.2, 0.25) is 10.0 Å². The van der Waals surface area contributed by atoms with Crippen molar-refractivity contribution < 1.29 is 4.39 Å². The van der Waals surface area contributed by atoms with Crippen molar-refractivity contribution in [1.82, 2.24) is 5.32 Å². The summed E-state index contributed by atoms with van der Waals surface area (Å²) in [6.07, 6.45) is 0.760. The van der Waals surface area contributed by atoms with Crippen LogP contribution >= 0.6 is 35.0 Å². The van der Waals surface area contributed by atoms with Crippen molar-refractivity contribution in [1.29, 1.82) is 0 Å². The Kier molecular flexibility index (Phi) is 6.37. The number of benzene rings is 2. The Balaban J connectivity index is 1.95. The van der Waals surface area contributed by atoms with Gasteiger partial charge in [0.1, 0.15) is 5.82 Å². The molecule has 0 fully saturated rings. The molecule has 0 aliphatic carbocycles. The molecule has 0 amide bonds. The summed E-state index contributed by atoms with van der Waals surface area (Å²) < 4.78 is 13.1. The van der Waals surface area contributed by atoms with Gasteiger partial charge >= 0.3 is 0 Å². The van der Waals surface area contributed by atoms with E-state index in [4.69, 9.17) is 23.2 Å². The van der Waals surface area contributed by atoms with E-state index in [1.54, 1.807) is 17.8 Å². The number of likely N-dealkylation sites (N-methyl/N-ethyl adjacent to an activating group) is 1. The van der Waals surface area contributed by atoms with Crippen LogP contribution in [0.4, 0.5) is 4.39 Å². The van der Waals surface area contributed by atoms with E-state index in [0.29, 0.717) is 5.02 Å². The van der Waals surface area contributed by atoms with Crippen LogP contribution in [0.3, 0.4) is 0 Å². The molecule has 112 valence electrons. The molecule has 0 bridgehead atoms. The maximum absolute atomic E-state index is 13.1. The van der Waals surface area contributed by atoms with Crippen LogP contribution < -0.4 is 5.32 Å². The number of nitrogens with one attached hydrogen (secondary N) is 1. The van der Waals surface area contributed by atoms with Gasteiger partial charge in [0.05, 0.1) is 0 Å². The summed E-state index contributed by atoms with van der Waals surface area (Å²) in [5.41, 5.74) is 0.953. The molecule has 1 N–H and O–H groups in total. The molecule has 5 heteroatoms. The normalized spacial score (nSPS) is 12.4. The van der Waals surface area contributed by atoms with Crippen molar-refractivity contribution >= 4 is 35.0 Å². The highest BCUT2D eigenvalue weighted by Gasteiger charge is 2.11. The first-order chi connectivity index (χ1) is 10.1. The molecule has 1 unspecified atom stereocenters. The highest BCUT2D eigenvalue weighted by Crippen LogP contribution is 2.23. The van der Waals surface area contributed by atoms with E-state index in [1.165, 1.54) is 17.0 Å². The fourth-order valence-corrected chi connectivity index (χ4v) is 3.30. The highest BCUT2D eigenvalue weighted by molar-refractivity contribution is 7.99. The standard InChI is InChI=1S/C16H16Cl2FNS/c1-20-14(8-11-2-5-13(19)9-16(11)18)10-21-15-6-3-12(17)4-7-15/h2-7,9,14,20H,8,10H2,1H3. The monoisotopic (exact) mass is 343 g/mol. The predicted molar refractivity (Wildman–Crippen MR) is 90.1 cm³/mol. The first-order valence-electron chi connectivity index (χ1n) is 6.58. The van der Waals surface area contributed by atoms with Gasteiger partial charge in [-0.25, -0.2) is 4.39 Å². The molecular weight excluding hydrogens is 328 g/mol.